The summed E-state index contributed by atoms with van der Waals surface area (Å²) in [4.78, 5) is 0. The highest BCUT2D eigenvalue weighted by Gasteiger charge is 2.27. The van der Waals surface area contributed by atoms with Gasteiger partial charge in [0.05, 0.1) is 0 Å². The van der Waals surface area contributed by atoms with E-state index in [2.05, 4.69) is 70.3 Å². The lowest BCUT2D eigenvalue weighted by Gasteiger charge is -2.34. The van der Waals surface area contributed by atoms with Crippen LogP contribution < -0.4 is 5.32 Å². The maximum absolute atomic E-state index is 3.66. The fourth-order valence-corrected chi connectivity index (χ4v) is 2.70. The van der Waals surface area contributed by atoms with Crippen LogP contribution >= 0.6 is 0 Å². The van der Waals surface area contributed by atoms with Crippen LogP contribution in [0.15, 0.2) is 30.3 Å². The molecule has 0 aliphatic heterocycles. The largest absolute Gasteiger partial charge is 0.313 e. The maximum atomic E-state index is 3.66. The third-order valence-corrected chi connectivity index (χ3v) is 3.45. The van der Waals surface area contributed by atoms with Gasteiger partial charge in [0.2, 0.25) is 0 Å². The number of hydrogen-bond donors (Lipinski definition) is 1. The number of nitrogens with one attached hydrogen (secondary N) is 1. The summed E-state index contributed by atoms with van der Waals surface area (Å²) in [5.41, 5.74) is 1.46. The zero-order valence-corrected chi connectivity index (χ0v) is 11.9. The summed E-state index contributed by atoms with van der Waals surface area (Å²) >= 11 is 0. The zero-order valence-electron chi connectivity index (χ0n) is 11.9. The van der Waals surface area contributed by atoms with Gasteiger partial charge in [0.1, 0.15) is 0 Å². The Morgan fingerprint density at radius 3 is 1.94 bits per heavy atom. The molecule has 1 rings (SSSR count). The van der Waals surface area contributed by atoms with Crippen LogP contribution in [0.25, 0.3) is 0 Å². The molecular weight excluding hydrogens is 206 g/mol. The number of rotatable bonds is 6. The van der Waals surface area contributed by atoms with E-state index in [0.717, 1.165) is 6.54 Å². The molecule has 0 saturated carbocycles. The second-order valence-electron chi connectivity index (χ2n) is 5.51. The SMILES string of the molecule is CCNC(C(C)C)C(c1ccccc1)C(C)C. The molecule has 2 atom stereocenters. The van der Waals surface area contributed by atoms with E-state index in [1.165, 1.54) is 5.56 Å². The zero-order chi connectivity index (χ0) is 12.8. The van der Waals surface area contributed by atoms with Crippen molar-refractivity contribution < 1.29 is 0 Å². The molecule has 0 amide bonds. The molecule has 1 heteroatoms. The molecule has 1 aromatic carbocycles. The Morgan fingerprint density at radius 2 is 1.53 bits per heavy atom. The normalized spacial score (nSPS) is 15.2. The van der Waals surface area contributed by atoms with Gasteiger partial charge in [-0.05, 0) is 23.9 Å². The van der Waals surface area contributed by atoms with Gasteiger partial charge in [-0.2, -0.15) is 0 Å². The summed E-state index contributed by atoms with van der Waals surface area (Å²) < 4.78 is 0. The smallest absolute Gasteiger partial charge is 0.0161 e. The van der Waals surface area contributed by atoms with Crippen molar-refractivity contribution in [3.63, 3.8) is 0 Å². The predicted octanol–water partition coefficient (Wildman–Crippen LogP) is 4.06. The van der Waals surface area contributed by atoms with Crippen LogP contribution in [0.1, 0.15) is 46.1 Å². The molecule has 0 aromatic heterocycles. The Hall–Kier alpha value is -0.820. The first-order valence-corrected chi connectivity index (χ1v) is 6.86. The molecule has 0 spiro atoms. The van der Waals surface area contributed by atoms with Gasteiger partial charge in [0.15, 0.2) is 0 Å². The molecule has 0 aliphatic carbocycles. The second kappa shape index (κ2) is 6.80. The number of likely N-dealkylation sites (N-methyl/N-ethyl adjacent to an activating group) is 1. The molecule has 0 fully saturated rings. The van der Waals surface area contributed by atoms with Gasteiger partial charge in [-0.25, -0.2) is 0 Å². The molecule has 0 radical (unpaired) electrons. The fourth-order valence-electron chi connectivity index (χ4n) is 2.70. The van der Waals surface area contributed by atoms with Crippen LogP contribution in [0, 0.1) is 11.8 Å². The first-order valence-electron chi connectivity index (χ1n) is 6.86. The Labute approximate surface area is 107 Å². The molecule has 17 heavy (non-hydrogen) atoms. The molecule has 0 saturated heterocycles. The van der Waals surface area contributed by atoms with Crippen molar-refractivity contribution in [1.29, 1.82) is 0 Å². The molecule has 0 aliphatic rings. The molecule has 1 N–H and O–H groups in total. The van der Waals surface area contributed by atoms with Gasteiger partial charge in [-0.1, -0.05) is 65.0 Å². The topological polar surface area (TPSA) is 12.0 Å². The second-order valence-corrected chi connectivity index (χ2v) is 5.51. The summed E-state index contributed by atoms with van der Waals surface area (Å²) in [7, 11) is 0. The third-order valence-electron chi connectivity index (χ3n) is 3.45. The Bertz CT molecular complexity index is 303. The minimum absolute atomic E-state index is 0.558. The van der Waals surface area contributed by atoms with Crippen LogP contribution in [0.5, 0.6) is 0 Å². The lowest BCUT2D eigenvalue weighted by Crippen LogP contribution is -2.41. The van der Waals surface area contributed by atoms with E-state index in [1.807, 2.05) is 0 Å². The fraction of sp³-hybridized carbons (Fsp3) is 0.625. The maximum Gasteiger partial charge on any atom is 0.0161 e. The Balaban J connectivity index is 2.98. The molecular formula is C16H27N. The number of hydrogen-bond acceptors (Lipinski definition) is 1. The van der Waals surface area contributed by atoms with Gasteiger partial charge in [0, 0.05) is 12.0 Å². The van der Waals surface area contributed by atoms with Crippen molar-refractivity contribution in [2.75, 3.05) is 6.54 Å². The van der Waals surface area contributed by atoms with E-state index < -0.39 is 0 Å². The quantitative estimate of drug-likeness (QED) is 0.781. The number of benzene rings is 1. The lowest BCUT2D eigenvalue weighted by atomic mass is 9.78. The first-order chi connectivity index (χ1) is 8.07. The molecule has 1 aromatic rings. The lowest BCUT2D eigenvalue weighted by molar-refractivity contribution is 0.296. The van der Waals surface area contributed by atoms with E-state index in [4.69, 9.17) is 0 Å². The minimum Gasteiger partial charge on any atom is -0.313 e. The minimum atomic E-state index is 0.558. The first kappa shape index (κ1) is 14.2. The van der Waals surface area contributed by atoms with Gasteiger partial charge in [-0.3, -0.25) is 0 Å². The van der Waals surface area contributed by atoms with Crippen molar-refractivity contribution in [3.8, 4) is 0 Å². The van der Waals surface area contributed by atoms with Gasteiger partial charge < -0.3 is 5.32 Å². The molecule has 0 bridgehead atoms. The standard InChI is InChI=1S/C16H27N/c1-6-17-16(13(4)5)15(12(2)3)14-10-8-7-9-11-14/h7-13,15-17H,6H2,1-5H3. The van der Waals surface area contributed by atoms with E-state index in [1.54, 1.807) is 0 Å². The third kappa shape index (κ3) is 3.85. The summed E-state index contributed by atoms with van der Waals surface area (Å²) in [6.45, 7) is 12.5. The van der Waals surface area contributed by atoms with Crippen LogP contribution in [0.3, 0.4) is 0 Å². The van der Waals surface area contributed by atoms with Gasteiger partial charge in [0.25, 0.3) is 0 Å². The highest BCUT2D eigenvalue weighted by atomic mass is 14.9. The van der Waals surface area contributed by atoms with Gasteiger partial charge >= 0.3 is 0 Å². The van der Waals surface area contributed by atoms with Crippen molar-refractivity contribution in [2.24, 2.45) is 11.8 Å². The summed E-state index contributed by atoms with van der Waals surface area (Å²) in [6.07, 6.45) is 0. The van der Waals surface area contributed by atoms with E-state index in [9.17, 15) is 0 Å². The highest BCUT2D eigenvalue weighted by Crippen LogP contribution is 2.31. The monoisotopic (exact) mass is 233 g/mol. The van der Waals surface area contributed by atoms with Crippen LogP contribution in [-0.2, 0) is 0 Å². The molecule has 0 heterocycles. The van der Waals surface area contributed by atoms with Gasteiger partial charge in [-0.15, -0.1) is 0 Å². The van der Waals surface area contributed by atoms with Crippen molar-refractivity contribution in [2.45, 2.75) is 46.6 Å². The van der Waals surface area contributed by atoms with Crippen molar-refractivity contribution in [1.82, 2.24) is 5.32 Å². The van der Waals surface area contributed by atoms with Crippen molar-refractivity contribution >= 4 is 0 Å². The molecule has 1 nitrogen and oxygen atoms in total. The van der Waals surface area contributed by atoms with Crippen LogP contribution in [0.4, 0.5) is 0 Å². The summed E-state index contributed by atoms with van der Waals surface area (Å²) in [5.74, 6) is 1.91. The highest BCUT2D eigenvalue weighted by molar-refractivity contribution is 5.22. The predicted molar refractivity (Wildman–Crippen MR) is 76.3 cm³/mol. The average molecular weight is 233 g/mol. The Morgan fingerprint density at radius 1 is 0.941 bits per heavy atom. The van der Waals surface area contributed by atoms with E-state index in [0.29, 0.717) is 23.8 Å². The van der Waals surface area contributed by atoms with E-state index in [-0.39, 0.29) is 0 Å². The summed E-state index contributed by atoms with van der Waals surface area (Å²) in [5, 5.41) is 3.66. The Kier molecular flexibility index (Phi) is 5.70. The van der Waals surface area contributed by atoms with Crippen LogP contribution in [0.2, 0.25) is 0 Å². The van der Waals surface area contributed by atoms with E-state index >= 15 is 0 Å². The molecule has 96 valence electrons. The molecule has 2 unspecified atom stereocenters. The van der Waals surface area contributed by atoms with Crippen molar-refractivity contribution in [3.05, 3.63) is 35.9 Å². The average Bonchev–Trinajstić information content (AvgIpc) is 2.29. The van der Waals surface area contributed by atoms with Crippen LogP contribution in [-0.4, -0.2) is 12.6 Å². The summed E-state index contributed by atoms with van der Waals surface area (Å²) in [6, 6.07) is 11.5.